The third kappa shape index (κ3) is 5.29. The van der Waals surface area contributed by atoms with Gasteiger partial charge in [0, 0.05) is 10.0 Å². The lowest BCUT2D eigenvalue weighted by Gasteiger charge is -2.30. The molecule has 24 heavy (non-hydrogen) atoms. The summed E-state index contributed by atoms with van der Waals surface area (Å²) < 4.78 is 49.8. The number of rotatable bonds is 3. The van der Waals surface area contributed by atoms with Gasteiger partial charge in [0.05, 0.1) is 12.8 Å². The van der Waals surface area contributed by atoms with Crippen LogP contribution >= 0.6 is 15.9 Å². The topological polar surface area (TPSA) is 38.8 Å². The molecule has 0 aliphatic carbocycles. The standard InChI is InChI=1S/C16H21BrF3NO3/c1-9-7-11(23-6)10(2)13(12(9)17)21(8-16(18,19)20)14(22)24-15(3,4)5/h7H,8H2,1-6H3. The molecule has 0 atom stereocenters. The van der Waals surface area contributed by atoms with Crippen molar-refractivity contribution in [2.45, 2.75) is 46.4 Å². The first-order valence-corrected chi connectivity index (χ1v) is 7.97. The number of benzene rings is 1. The van der Waals surface area contributed by atoms with Gasteiger partial charge in [0.1, 0.15) is 17.9 Å². The van der Waals surface area contributed by atoms with Crippen LogP contribution in [0.3, 0.4) is 0 Å². The predicted molar refractivity (Wildman–Crippen MR) is 89.8 cm³/mol. The smallest absolute Gasteiger partial charge is 0.415 e. The van der Waals surface area contributed by atoms with Crippen LogP contribution in [0.4, 0.5) is 23.7 Å². The van der Waals surface area contributed by atoms with E-state index < -0.39 is 24.4 Å². The molecule has 1 aromatic carbocycles. The van der Waals surface area contributed by atoms with Gasteiger partial charge >= 0.3 is 12.3 Å². The summed E-state index contributed by atoms with van der Waals surface area (Å²) in [5.41, 5.74) is 0.210. The lowest BCUT2D eigenvalue weighted by Crippen LogP contribution is -2.43. The van der Waals surface area contributed by atoms with E-state index in [4.69, 9.17) is 9.47 Å². The zero-order valence-corrected chi connectivity index (χ0v) is 16.1. The fourth-order valence-corrected chi connectivity index (χ4v) is 2.73. The SMILES string of the molecule is COc1cc(C)c(Br)c(N(CC(F)(F)F)C(=O)OC(C)(C)C)c1C. The van der Waals surface area contributed by atoms with Crippen LogP contribution in [0.1, 0.15) is 31.9 Å². The Morgan fingerprint density at radius 1 is 1.25 bits per heavy atom. The summed E-state index contributed by atoms with van der Waals surface area (Å²) in [4.78, 5) is 13.0. The number of aryl methyl sites for hydroxylation is 1. The first kappa shape index (κ1) is 20.6. The Kier molecular flexibility index (Phi) is 6.19. The molecular weight excluding hydrogens is 391 g/mol. The van der Waals surface area contributed by atoms with E-state index in [1.807, 2.05) is 0 Å². The fourth-order valence-electron chi connectivity index (χ4n) is 2.10. The van der Waals surface area contributed by atoms with E-state index in [2.05, 4.69) is 15.9 Å². The van der Waals surface area contributed by atoms with E-state index in [1.165, 1.54) is 7.11 Å². The fraction of sp³-hybridized carbons (Fsp3) is 0.562. The monoisotopic (exact) mass is 411 g/mol. The Morgan fingerprint density at radius 2 is 1.79 bits per heavy atom. The van der Waals surface area contributed by atoms with E-state index in [9.17, 15) is 18.0 Å². The molecule has 4 nitrogen and oxygen atoms in total. The summed E-state index contributed by atoms with van der Waals surface area (Å²) in [7, 11) is 1.42. The minimum Gasteiger partial charge on any atom is -0.496 e. The number of ether oxygens (including phenoxy) is 2. The molecule has 0 spiro atoms. The van der Waals surface area contributed by atoms with Crippen molar-refractivity contribution in [3.8, 4) is 5.75 Å². The van der Waals surface area contributed by atoms with Crippen molar-refractivity contribution in [2.75, 3.05) is 18.6 Å². The summed E-state index contributed by atoms with van der Waals surface area (Å²) >= 11 is 3.28. The van der Waals surface area contributed by atoms with Crippen LogP contribution in [0.25, 0.3) is 0 Å². The predicted octanol–water partition coefficient (Wildman–Crippen LogP) is 5.38. The highest BCUT2D eigenvalue weighted by molar-refractivity contribution is 9.10. The maximum absolute atomic E-state index is 13.0. The van der Waals surface area contributed by atoms with Crippen LogP contribution in [0.5, 0.6) is 5.75 Å². The Morgan fingerprint density at radius 3 is 2.21 bits per heavy atom. The van der Waals surface area contributed by atoms with Gasteiger partial charge in [0.2, 0.25) is 0 Å². The quantitative estimate of drug-likeness (QED) is 0.670. The normalized spacial score (nSPS) is 12.1. The van der Waals surface area contributed by atoms with Gasteiger partial charge in [-0.25, -0.2) is 4.79 Å². The van der Waals surface area contributed by atoms with E-state index in [0.717, 1.165) is 0 Å². The van der Waals surface area contributed by atoms with Gasteiger partial charge < -0.3 is 9.47 Å². The number of alkyl halides is 3. The Bertz CT molecular complexity index is 624. The Balaban J connectivity index is 3.50. The second kappa shape index (κ2) is 7.21. The van der Waals surface area contributed by atoms with Crippen molar-refractivity contribution in [1.82, 2.24) is 0 Å². The number of anilines is 1. The van der Waals surface area contributed by atoms with Crippen LogP contribution in [-0.2, 0) is 4.74 Å². The van der Waals surface area contributed by atoms with Crippen LogP contribution in [0.15, 0.2) is 10.5 Å². The van der Waals surface area contributed by atoms with Gasteiger partial charge in [0.15, 0.2) is 0 Å². The highest BCUT2D eigenvalue weighted by Crippen LogP contribution is 2.40. The molecule has 136 valence electrons. The number of nitrogens with zero attached hydrogens (tertiary/aromatic N) is 1. The van der Waals surface area contributed by atoms with E-state index in [0.29, 0.717) is 26.2 Å². The van der Waals surface area contributed by atoms with Gasteiger partial charge in [-0.3, -0.25) is 4.90 Å². The van der Waals surface area contributed by atoms with Crippen molar-refractivity contribution in [3.05, 3.63) is 21.7 Å². The van der Waals surface area contributed by atoms with Crippen molar-refractivity contribution in [1.29, 1.82) is 0 Å². The lowest BCUT2D eigenvalue weighted by atomic mass is 10.1. The Hall–Kier alpha value is -1.44. The number of hydrogen-bond donors (Lipinski definition) is 0. The van der Waals surface area contributed by atoms with Gasteiger partial charge in [-0.2, -0.15) is 13.2 Å². The van der Waals surface area contributed by atoms with E-state index in [-0.39, 0.29) is 5.69 Å². The van der Waals surface area contributed by atoms with Gasteiger partial charge in [-0.05, 0) is 62.2 Å². The number of halogens is 4. The largest absolute Gasteiger partial charge is 0.496 e. The molecule has 0 heterocycles. The molecule has 0 fully saturated rings. The third-order valence-corrected chi connectivity index (χ3v) is 4.07. The molecule has 0 aliphatic heterocycles. The average Bonchev–Trinajstić information content (AvgIpc) is 2.38. The number of carbonyl (C=O) groups is 1. The first-order chi connectivity index (χ1) is 10.8. The molecule has 1 rings (SSSR count). The van der Waals surface area contributed by atoms with Crippen molar-refractivity contribution in [3.63, 3.8) is 0 Å². The number of hydrogen-bond acceptors (Lipinski definition) is 3. The molecule has 0 aliphatic rings. The maximum atomic E-state index is 13.0. The van der Waals surface area contributed by atoms with Crippen molar-refractivity contribution in [2.24, 2.45) is 0 Å². The zero-order chi connectivity index (χ0) is 18.9. The Labute approximate surface area is 148 Å². The summed E-state index contributed by atoms with van der Waals surface area (Å²) in [6.45, 7) is 6.61. The second-order valence-corrected chi connectivity index (χ2v) is 7.16. The van der Waals surface area contributed by atoms with Crippen LogP contribution in [-0.4, -0.2) is 31.5 Å². The highest BCUT2D eigenvalue weighted by atomic mass is 79.9. The summed E-state index contributed by atoms with van der Waals surface area (Å²) in [6.07, 6.45) is -5.66. The van der Waals surface area contributed by atoms with Crippen LogP contribution < -0.4 is 9.64 Å². The number of methoxy groups -OCH3 is 1. The summed E-state index contributed by atoms with van der Waals surface area (Å²) in [6, 6.07) is 1.68. The maximum Gasteiger partial charge on any atom is 0.415 e. The second-order valence-electron chi connectivity index (χ2n) is 6.36. The van der Waals surface area contributed by atoms with Crippen molar-refractivity contribution >= 4 is 27.7 Å². The van der Waals surface area contributed by atoms with E-state index >= 15 is 0 Å². The minimum absolute atomic E-state index is 0.0819. The molecule has 1 amide bonds. The molecule has 0 saturated carbocycles. The van der Waals surface area contributed by atoms with Gasteiger partial charge in [-0.15, -0.1) is 0 Å². The zero-order valence-electron chi connectivity index (χ0n) is 14.5. The molecule has 0 N–H and O–H groups in total. The molecule has 0 radical (unpaired) electrons. The average molecular weight is 412 g/mol. The molecule has 0 saturated heterocycles. The third-order valence-electron chi connectivity index (χ3n) is 3.07. The van der Waals surface area contributed by atoms with Gasteiger partial charge in [-0.1, -0.05) is 0 Å². The summed E-state index contributed by atoms with van der Waals surface area (Å²) in [5, 5.41) is 0. The molecule has 0 aromatic heterocycles. The molecule has 0 bridgehead atoms. The number of carbonyl (C=O) groups excluding carboxylic acids is 1. The molecule has 0 unspecified atom stereocenters. The first-order valence-electron chi connectivity index (χ1n) is 7.18. The molecule has 1 aromatic rings. The molecule has 8 heteroatoms. The minimum atomic E-state index is -4.58. The lowest BCUT2D eigenvalue weighted by molar-refractivity contribution is -0.119. The summed E-state index contributed by atoms with van der Waals surface area (Å²) in [5.74, 6) is 0.390. The number of amides is 1. The van der Waals surface area contributed by atoms with Crippen LogP contribution in [0.2, 0.25) is 0 Å². The van der Waals surface area contributed by atoms with E-state index in [1.54, 1.807) is 40.7 Å². The molecular formula is C16H21BrF3NO3. The van der Waals surface area contributed by atoms with Gasteiger partial charge in [0.25, 0.3) is 0 Å². The van der Waals surface area contributed by atoms with Crippen molar-refractivity contribution < 1.29 is 27.4 Å². The highest BCUT2D eigenvalue weighted by Gasteiger charge is 2.38. The van der Waals surface area contributed by atoms with Crippen LogP contribution in [0, 0.1) is 13.8 Å².